The molecule has 1 aliphatic rings. The first kappa shape index (κ1) is 15.3. The zero-order valence-electron chi connectivity index (χ0n) is 12.8. The molecular formula is C18H28FN. The number of nitrogens with one attached hydrogen (secondary N) is 1. The van der Waals surface area contributed by atoms with Gasteiger partial charge in [0.05, 0.1) is 0 Å². The van der Waals surface area contributed by atoms with E-state index in [4.69, 9.17) is 0 Å². The fourth-order valence-corrected chi connectivity index (χ4v) is 3.06. The molecule has 1 heterocycles. The Hall–Kier alpha value is -1.05. The van der Waals surface area contributed by atoms with Gasteiger partial charge in [-0.25, -0.2) is 4.39 Å². The smallest absolute Gasteiger partial charge is 0.127 e. The van der Waals surface area contributed by atoms with Crippen molar-refractivity contribution >= 4 is 5.69 Å². The molecule has 1 aromatic carbocycles. The number of fused-ring (bicyclic) bond motifs is 1. The first-order chi connectivity index (χ1) is 9.83. The molecule has 1 N–H and O–H groups in total. The summed E-state index contributed by atoms with van der Waals surface area (Å²) in [4.78, 5) is 0. The van der Waals surface area contributed by atoms with Crippen molar-refractivity contribution in [2.45, 2.75) is 70.9 Å². The van der Waals surface area contributed by atoms with Crippen molar-refractivity contribution in [1.29, 1.82) is 0 Å². The van der Waals surface area contributed by atoms with Crippen molar-refractivity contribution in [3.63, 3.8) is 0 Å². The second kappa shape index (κ2) is 8.28. The maximum atomic E-state index is 14.4. The van der Waals surface area contributed by atoms with E-state index in [1.54, 1.807) is 0 Å². The number of unbranched alkanes of at least 4 members (excludes halogenated alkanes) is 6. The van der Waals surface area contributed by atoms with Gasteiger partial charge in [-0.2, -0.15) is 0 Å². The lowest BCUT2D eigenvalue weighted by molar-refractivity contribution is 0.313. The van der Waals surface area contributed by atoms with Crippen LogP contribution in [0.3, 0.4) is 0 Å². The van der Waals surface area contributed by atoms with E-state index in [2.05, 4.69) is 18.3 Å². The van der Waals surface area contributed by atoms with Gasteiger partial charge in [-0.3, -0.25) is 0 Å². The molecule has 0 spiro atoms. The lowest BCUT2D eigenvalue weighted by atomic mass is 9.99. The Labute approximate surface area is 123 Å². The van der Waals surface area contributed by atoms with Gasteiger partial charge in [-0.1, -0.05) is 70.1 Å². The van der Waals surface area contributed by atoms with E-state index in [-0.39, 0.29) is 0 Å². The van der Waals surface area contributed by atoms with Crippen LogP contribution in [0, 0.1) is 0 Å². The lowest BCUT2D eigenvalue weighted by Crippen LogP contribution is -1.99. The van der Waals surface area contributed by atoms with E-state index in [0.717, 1.165) is 30.6 Å². The molecule has 20 heavy (non-hydrogen) atoms. The van der Waals surface area contributed by atoms with Crippen LogP contribution >= 0.6 is 0 Å². The molecule has 1 atom stereocenters. The predicted octanol–water partition coefficient (Wildman–Crippen LogP) is 5.81. The molecule has 1 unspecified atom stereocenters. The van der Waals surface area contributed by atoms with Crippen molar-refractivity contribution < 1.29 is 4.39 Å². The van der Waals surface area contributed by atoms with Gasteiger partial charge in [0.15, 0.2) is 0 Å². The van der Waals surface area contributed by atoms with Crippen LogP contribution in [0.1, 0.15) is 75.6 Å². The van der Waals surface area contributed by atoms with E-state index < -0.39 is 6.17 Å². The lowest BCUT2D eigenvalue weighted by Gasteiger charge is -2.13. The average molecular weight is 277 g/mol. The minimum atomic E-state index is -0.800. The molecule has 1 aromatic rings. The minimum absolute atomic E-state index is 0.673. The van der Waals surface area contributed by atoms with Crippen LogP contribution in [-0.4, -0.2) is 6.54 Å². The predicted molar refractivity (Wildman–Crippen MR) is 85.1 cm³/mol. The standard InChI is InChI=1S/C18H28FN/c1-2-3-4-5-6-7-8-12-17(19)16-11-9-10-15-13-14-20-18(15)16/h9-11,17,20H,2-8,12-14H2,1H3. The topological polar surface area (TPSA) is 12.0 Å². The molecule has 0 aliphatic carbocycles. The number of alkyl halides is 1. The number of para-hydroxylation sites is 1. The van der Waals surface area contributed by atoms with Gasteiger partial charge < -0.3 is 5.32 Å². The Balaban J connectivity index is 1.70. The Bertz CT molecular complexity index is 402. The van der Waals surface area contributed by atoms with Crippen LogP contribution < -0.4 is 5.32 Å². The molecule has 112 valence electrons. The third-order valence-electron chi connectivity index (χ3n) is 4.28. The summed E-state index contributed by atoms with van der Waals surface area (Å²) in [5.74, 6) is 0. The number of anilines is 1. The van der Waals surface area contributed by atoms with Crippen molar-refractivity contribution in [2.75, 3.05) is 11.9 Å². The van der Waals surface area contributed by atoms with Gasteiger partial charge in [0.2, 0.25) is 0 Å². The fraction of sp³-hybridized carbons (Fsp3) is 0.667. The Kier molecular flexibility index (Phi) is 6.35. The van der Waals surface area contributed by atoms with Crippen LogP contribution in [0.15, 0.2) is 18.2 Å². The summed E-state index contributed by atoms with van der Waals surface area (Å²) in [6.07, 6.45) is 9.64. The van der Waals surface area contributed by atoms with Gasteiger partial charge in [-0.15, -0.1) is 0 Å². The second-order valence-corrected chi connectivity index (χ2v) is 5.94. The van der Waals surface area contributed by atoms with Crippen molar-refractivity contribution in [1.82, 2.24) is 0 Å². The van der Waals surface area contributed by atoms with Gasteiger partial charge in [0.25, 0.3) is 0 Å². The summed E-state index contributed by atoms with van der Waals surface area (Å²) >= 11 is 0. The molecule has 0 saturated heterocycles. The summed E-state index contributed by atoms with van der Waals surface area (Å²) in [7, 11) is 0. The fourth-order valence-electron chi connectivity index (χ4n) is 3.06. The first-order valence-electron chi connectivity index (χ1n) is 8.32. The zero-order valence-corrected chi connectivity index (χ0v) is 12.8. The normalized spacial score (nSPS) is 14.9. The second-order valence-electron chi connectivity index (χ2n) is 5.94. The molecule has 0 fully saturated rings. The third-order valence-corrected chi connectivity index (χ3v) is 4.28. The van der Waals surface area contributed by atoms with E-state index in [1.165, 1.54) is 44.1 Å². The molecule has 1 nitrogen and oxygen atoms in total. The van der Waals surface area contributed by atoms with E-state index >= 15 is 0 Å². The number of rotatable bonds is 9. The number of halogens is 1. The number of hydrogen-bond acceptors (Lipinski definition) is 1. The summed E-state index contributed by atoms with van der Waals surface area (Å²) in [6.45, 7) is 3.19. The van der Waals surface area contributed by atoms with Gasteiger partial charge >= 0.3 is 0 Å². The van der Waals surface area contributed by atoms with E-state index in [9.17, 15) is 4.39 Å². The quantitative estimate of drug-likeness (QED) is 0.562. The Morgan fingerprint density at radius 2 is 1.85 bits per heavy atom. The van der Waals surface area contributed by atoms with Gasteiger partial charge in [-0.05, 0) is 18.4 Å². The van der Waals surface area contributed by atoms with Gasteiger partial charge in [0, 0.05) is 17.8 Å². The summed E-state index contributed by atoms with van der Waals surface area (Å²) in [5.41, 5.74) is 3.23. The SMILES string of the molecule is CCCCCCCCCC(F)c1cccc2c1NCC2. The molecule has 0 radical (unpaired) electrons. The van der Waals surface area contributed by atoms with Crippen LogP contribution in [0.25, 0.3) is 0 Å². The average Bonchev–Trinajstić information content (AvgIpc) is 2.94. The molecule has 0 bridgehead atoms. The molecular weight excluding hydrogens is 249 g/mol. The third kappa shape index (κ3) is 4.22. The molecule has 0 amide bonds. The van der Waals surface area contributed by atoms with Crippen molar-refractivity contribution in [3.8, 4) is 0 Å². The van der Waals surface area contributed by atoms with Crippen molar-refractivity contribution in [3.05, 3.63) is 29.3 Å². The Morgan fingerprint density at radius 1 is 1.10 bits per heavy atom. The van der Waals surface area contributed by atoms with E-state index in [1.807, 2.05) is 12.1 Å². The molecule has 1 aliphatic heterocycles. The number of benzene rings is 1. The maximum Gasteiger partial charge on any atom is 0.127 e. The molecule has 0 aromatic heterocycles. The highest BCUT2D eigenvalue weighted by atomic mass is 19.1. The highest BCUT2D eigenvalue weighted by Gasteiger charge is 2.19. The number of hydrogen-bond donors (Lipinski definition) is 1. The maximum absolute atomic E-state index is 14.4. The summed E-state index contributed by atoms with van der Waals surface area (Å²) in [6, 6.07) is 6.06. The molecule has 0 saturated carbocycles. The van der Waals surface area contributed by atoms with E-state index in [0.29, 0.717) is 6.42 Å². The molecule has 2 rings (SSSR count). The summed E-state index contributed by atoms with van der Waals surface area (Å²) < 4.78 is 14.4. The molecule has 2 heteroatoms. The minimum Gasteiger partial charge on any atom is -0.384 e. The van der Waals surface area contributed by atoms with Crippen molar-refractivity contribution in [2.24, 2.45) is 0 Å². The zero-order chi connectivity index (χ0) is 14.2. The first-order valence-corrected chi connectivity index (χ1v) is 8.32. The van der Waals surface area contributed by atoms with Crippen LogP contribution in [-0.2, 0) is 6.42 Å². The van der Waals surface area contributed by atoms with Crippen LogP contribution in [0.4, 0.5) is 10.1 Å². The van der Waals surface area contributed by atoms with Gasteiger partial charge in [0.1, 0.15) is 6.17 Å². The summed E-state index contributed by atoms with van der Waals surface area (Å²) in [5, 5.41) is 3.33. The highest BCUT2D eigenvalue weighted by molar-refractivity contribution is 5.61. The van der Waals surface area contributed by atoms with Crippen LogP contribution in [0.5, 0.6) is 0 Å². The largest absolute Gasteiger partial charge is 0.384 e. The van der Waals surface area contributed by atoms with Crippen LogP contribution in [0.2, 0.25) is 0 Å². The monoisotopic (exact) mass is 277 g/mol. The highest BCUT2D eigenvalue weighted by Crippen LogP contribution is 2.35. The Morgan fingerprint density at radius 3 is 2.65 bits per heavy atom.